The van der Waals surface area contributed by atoms with Gasteiger partial charge in [-0.2, -0.15) is 0 Å². The number of thioether (sulfide) groups is 2. The number of benzene rings is 4. The minimum absolute atomic E-state index is 0.0524. The molecule has 0 unspecified atom stereocenters. The maximum Gasteiger partial charge on any atom is 0.316 e. The van der Waals surface area contributed by atoms with Crippen molar-refractivity contribution in [2.24, 2.45) is 0 Å². The number of carboxylic acid groups (broad SMARTS) is 1. The number of aliphatic carboxylic acids is 1. The molecule has 2 aliphatic carbocycles. The SMILES string of the molecule is CCOC(=O)CSc1nncn1-c1ccc(C2CC2)c2ccccc12.O=C(O)CSc1nnc(Br)n1-c1ccc(C2CC2)c2ccccc12. The molecule has 4 aromatic carbocycles. The monoisotopic (exact) mass is 756 g/mol. The molecule has 6 aromatic rings. The standard InChI is InChI=1S/C19H19N3O2S.C17H14BrN3O2S/c1-2-24-18(23)11-25-19-21-20-12-22(19)17-10-9-14(13-7-8-13)15-5-3-4-6-16(15)17;18-16-19-20-17(24-9-15(22)23)21(16)14-8-7-11(10-5-6-10)12-3-1-2-4-13(12)14/h3-6,9-10,12-13H,2,7-8,11H2,1H3;1-4,7-8,10H,5-6,9H2,(H,22,23). The molecule has 10 nitrogen and oxygen atoms in total. The minimum Gasteiger partial charge on any atom is -0.481 e. The maximum atomic E-state index is 11.6. The number of carbonyl (C=O) groups excluding carboxylic acids is 1. The van der Waals surface area contributed by atoms with Crippen LogP contribution in [0, 0.1) is 0 Å². The zero-order valence-corrected chi connectivity index (χ0v) is 29.9. The Hall–Kier alpha value is -4.20. The molecule has 2 aliphatic rings. The first kappa shape index (κ1) is 33.3. The third kappa shape index (κ3) is 7.38. The molecule has 2 saturated carbocycles. The zero-order valence-electron chi connectivity index (χ0n) is 26.7. The van der Waals surface area contributed by atoms with Gasteiger partial charge in [0.25, 0.3) is 0 Å². The number of hydrogen-bond acceptors (Lipinski definition) is 9. The molecule has 8 rings (SSSR count). The average molecular weight is 758 g/mol. The molecule has 0 saturated heterocycles. The largest absolute Gasteiger partial charge is 0.481 e. The van der Waals surface area contributed by atoms with E-state index in [4.69, 9.17) is 9.84 Å². The molecule has 0 aliphatic heterocycles. The summed E-state index contributed by atoms with van der Waals surface area (Å²) >= 11 is 5.94. The van der Waals surface area contributed by atoms with Gasteiger partial charge in [-0.15, -0.1) is 20.4 Å². The topological polar surface area (TPSA) is 125 Å². The summed E-state index contributed by atoms with van der Waals surface area (Å²) in [6.07, 6.45) is 6.75. The van der Waals surface area contributed by atoms with Crippen molar-refractivity contribution >= 4 is 72.9 Å². The number of esters is 1. The Morgan fingerprint density at radius 2 is 1.35 bits per heavy atom. The Bertz CT molecular complexity index is 2160. The number of carboxylic acids is 1. The van der Waals surface area contributed by atoms with E-state index in [9.17, 15) is 9.59 Å². The van der Waals surface area contributed by atoms with E-state index in [1.54, 1.807) is 13.3 Å². The highest BCUT2D eigenvalue weighted by atomic mass is 79.9. The molecule has 250 valence electrons. The molecule has 2 fully saturated rings. The Morgan fingerprint density at radius 3 is 1.94 bits per heavy atom. The van der Waals surface area contributed by atoms with Gasteiger partial charge in [0.05, 0.1) is 29.5 Å². The van der Waals surface area contributed by atoms with Crippen molar-refractivity contribution in [1.82, 2.24) is 29.5 Å². The van der Waals surface area contributed by atoms with Gasteiger partial charge >= 0.3 is 11.9 Å². The molecule has 0 spiro atoms. The van der Waals surface area contributed by atoms with E-state index >= 15 is 0 Å². The fourth-order valence-corrected chi connectivity index (χ4v) is 7.95. The van der Waals surface area contributed by atoms with Crippen LogP contribution in [0.1, 0.15) is 55.6 Å². The van der Waals surface area contributed by atoms with Gasteiger partial charge in [0.15, 0.2) is 10.3 Å². The summed E-state index contributed by atoms with van der Waals surface area (Å²) in [6.45, 7) is 2.19. The van der Waals surface area contributed by atoms with E-state index in [0.29, 0.717) is 33.5 Å². The van der Waals surface area contributed by atoms with Gasteiger partial charge < -0.3 is 9.84 Å². The highest BCUT2D eigenvalue weighted by Crippen LogP contribution is 2.45. The van der Waals surface area contributed by atoms with Crippen LogP contribution in [0.25, 0.3) is 32.9 Å². The summed E-state index contributed by atoms with van der Waals surface area (Å²) in [5.74, 6) is 0.413. The fourth-order valence-electron chi connectivity index (χ4n) is 6.01. The Kier molecular flexibility index (Phi) is 10.0. The lowest BCUT2D eigenvalue weighted by Crippen LogP contribution is -2.07. The highest BCUT2D eigenvalue weighted by Gasteiger charge is 2.27. The summed E-state index contributed by atoms with van der Waals surface area (Å²) in [7, 11) is 0. The molecule has 49 heavy (non-hydrogen) atoms. The maximum absolute atomic E-state index is 11.6. The fraction of sp³-hybridized carbons (Fsp3) is 0.278. The lowest BCUT2D eigenvalue weighted by Gasteiger charge is -2.13. The summed E-state index contributed by atoms with van der Waals surface area (Å²) in [4.78, 5) is 22.5. The van der Waals surface area contributed by atoms with Gasteiger partial charge in [0, 0.05) is 10.8 Å². The Morgan fingerprint density at radius 1 is 0.776 bits per heavy atom. The third-order valence-corrected chi connectivity index (χ3v) is 10.8. The first-order valence-electron chi connectivity index (χ1n) is 16.1. The molecule has 13 heteroatoms. The van der Waals surface area contributed by atoms with Crippen LogP contribution < -0.4 is 0 Å². The second-order valence-electron chi connectivity index (χ2n) is 11.8. The summed E-state index contributed by atoms with van der Waals surface area (Å²) in [6, 6.07) is 25.4. The second-order valence-corrected chi connectivity index (χ2v) is 14.4. The van der Waals surface area contributed by atoms with Gasteiger partial charge in [0.1, 0.15) is 6.33 Å². The van der Waals surface area contributed by atoms with Crippen LogP contribution in [-0.4, -0.2) is 64.7 Å². The van der Waals surface area contributed by atoms with Crippen LogP contribution in [0.3, 0.4) is 0 Å². The highest BCUT2D eigenvalue weighted by molar-refractivity contribution is 9.10. The predicted octanol–water partition coefficient (Wildman–Crippen LogP) is 8.19. The number of hydrogen-bond donors (Lipinski definition) is 1. The molecule has 1 N–H and O–H groups in total. The lowest BCUT2D eigenvalue weighted by atomic mass is 9.99. The van der Waals surface area contributed by atoms with Gasteiger partial charge in [-0.25, -0.2) is 0 Å². The normalized spacial score (nSPS) is 14.1. The Labute approximate surface area is 299 Å². The van der Waals surface area contributed by atoms with Crippen molar-refractivity contribution in [3.05, 3.63) is 95.0 Å². The first-order valence-corrected chi connectivity index (χ1v) is 18.9. The van der Waals surface area contributed by atoms with Gasteiger partial charge in [-0.3, -0.25) is 18.7 Å². The summed E-state index contributed by atoms with van der Waals surface area (Å²) in [5, 5.41) is 31.4. The minimum atomic E-state index is -0.875. The van der Waals surface area contributed by atoms with Gasteiger partial charge in [-0.05, 0) is 94.4 Å². The van der Waals surface area contributed by atoms with Gasteiger partial charge in [0.2, 0.25) is 4.73 Å². The molecule has 2 aromatic heterocycles. The first-order chi connectivity index (χ1) is 23.9. The predicted molar refractivity (Wildman–Crippen MR) is 195 cm³/mol. The summed E-state index contributed by atoms with van der Waals surface area (Å²) < 4.78 is 9.37. The van der Waals surface area contributed by atoms with Crippen LogP contribution in [0.4, 0.5) is 0 Å². The molecular weight excluding hydrogens is 724 g/mol. The average Bonchev–Trinajstić information content (AvgIpc) is 4.05. The van der Waals surface area contributed by atoms with Crippen LogP contribution >= 0.6 is 39.5 Å². The van der Waals surface area contributed by atoms with E-state index < -0.39 is 5.97 Å². The van der Waals surface area contributed by atoms with Crippen molar-refractivity contribution in [1.29, 1.82) is 0 Å². The lowest BCUT2D eigenvalue weighted by molar-refractivity contribution is -0.140. The molecule has 0 atom stereocenters. The van der Waals surface area contributed by atoms with E-state index in [-0.39, 0.29) is 17.5 Å². The van der Waals surface area contributed by atoms with E-state index in [1.807, 2.05) is 15.2 Å². The molecule has 0 bridgehead atoms. The smallest absolute Gasteiger partial charge is 0.316 e. The quantitative estimate of drug-likeness (QED) is 0.102. The van der Waals surface area contributed by atoms with Crippen molar-refractivity contribution in [3.8, 4) is 11.4 Å². The second kappa shape index (κ2) is 14.7. The van der Waals surface area contributed by atoms with Crippen LogP contribution in [0.5, 0.6) is 0 Å². The number of halogens is 1. The third-order valence-electron chi connectivity index (χ3n) is 8.46. The van der Waals surface area contributed by atoms with Crippen molar-refractivity contribution in [3.63, 3.8) is 0 Å². The number of carbonyl (C=O) groups is 2. The van der Waals surface area contributed by atoms with E-state index in [2.05, 4.69) is 103 Å². The van der Waals surface area contributed by atoms with Crippen molar-refractivity contribution in [2.75, 3.05) is 18.1 Å². The molecular formula is C36H33BrN6O4S2. The van der Waals surface area contributed by atoms with E-state index in [0.717, 1.165) is 28.5 Å². The van der Waals surface area contributed by atoms with Gasteiger partial charge in [-0.1, -0.05) is 84.2 Å². The number of ether oxygens (including phenoxy) is 1. The number of rotatable bonds is 11. The molecule has 0 radical (unpaired) electrons. The van der Waals surface area contributed by atoms with E-state index in [1.165, 1.54) is 64.7 Å². The number of aromatic nitrogens is 6. The van der Waals surface area contributed by atoms with Crippen LogP contribution in [0.2, 0.25) is 0 Å². The van der Waals surface area contributed by atoms with Crippen molar-refractivity contribution < 1.29 is 19.4 Å². The summed E-state index contributed by atoms with van der Waals surface area (Å²) in [5.41, 5.74) is 4.81. The molecule has 0 amide bonds. The Balaban J connectivity index is 0.000000154. The molecule has 2 heterocycles. The zero-order chi connectivity index (χ0) is 33.9. The number of nitrogens with zero attached hydrogens (tertiary/aromatic N) is 6. The van der Waals surface area contributed by atoms with Crippen LogP contribution in [-0.2, 0) is 14.3 Å². The van der Waals surface area contributed by atoms with Crippen LogP contribution in [0.15, 0.2) is 94.2 Å². The number of fused-ring (bicyclic) bond motifs is 2. The van der Waals surface area contributed by atoms with Crippen molar-refractivity contribution in [2.45, 2.75) is 54.8 Å².